The predicted molar refractivity (Wildman–Crippen MR) is 138 cm³/mol. The average molecular weight is 474 g/mol. The summed E-state index contributed by atoms with van der Waals surface area (Å²) in [7, 11) is 0. The second kappa shape index (κ2) is 11.8. The van der Waals surface area contributed by atoms with E-state index in [0.29, 0.717) is 36.0 Å². The fourth-order valence-corrected chi connectivity index (χ4v) is 4.66. The normalized spacial score (nSPS) is 20.1. The van der Waals surface area contributed by atoms with Crippen molar-refractivity contribution in [2.45, 2.75) is 71.4 Å². The number of H-pyrrole nitrogens is 1. The van der Waals surface area contributed by atoms with Crippen LogP contribution in [-0.2, 0) is 0 Å². The molecule has 0 radical (unpaired) electrons. The second-order valence-electron chi connectivity index (χ2n) is 9.43. The molecule has 3 heterocycles. The Labute approximate surface area is 207 Å². The van der Waals surface area contributed by atoms with Crippen molar-refractivity contribution in [1.29, 1.82) is 5.26 Å². The van der Waals surface area contributed by atoms with Gasteiger partial charge < -0.3 is 16.0 Å². The smallest absolute Gasteiger partial charge is 0.225 e. The maximum absolute atomic E-state index is 8.91. The van der Waals surface area contributed by atoms with Crippen LogP contribution in [0.1, 0.15) is 56.8 Å². The molecular formula is C26H35N9. The Balaban J connectivity index is 1.59. The van der Waals surface area contributed by atoms with Crippen molar-refractivity contribution >= 4 is 17.6 Å². The molecule has 1 fully saturated rings. The molecule has 0 aromatic carbocycles. The molecule has 35 heavy (non-hydrogen) atoms. The van der Waals surface area contributed by atoms with Gasteiger partial charge in [0.15, 0.2) is 5.82 Å². The summed E-state index contributed by atoms with van der Waals surface area (Å²) in [5, 5.41) is 26.7. The van der Waals surface area contributed by atoms with Gasteiger partial charge in [0.2, 0.25) is 5.95 Å². The van der Waals surface area contributed by atoms with Gasteiger partial charge in [-0.05, 0) is 57.6 Å². The molecule has 0 amide bonds. The van der Waals surface area contributed by atoms with Crippen LogP contribution in [0.5, 0.6) is 0 Å². The molecule has 1 saturated carbocycles. The Morgan fingerprint density at radius 1 is 1.09 bits per heavy atom. The number of aromatic nitrogens is 5. The average Bonchev–Trinajstić information content (AvgIpc) is 3.15. The minimum Gasteiger partial charge on any atom is -0.351 e. The molecule has 4 rings (SSSR count). The Kier molecular flexibility index (Phi) is 8.27. The first-order valence-corrected chi connectivity index (χ1v) is 12.5. The molecule has 3 atom stereocenters. The van der Waals surface area contributed by atoms with Crippen molar-refractivity contribution in [2.24, 2.45) is 5.92 Å². The molecule has 3 unspecified atom stereocenters. The van der Waals surface area contributed by atoms with E-state index in [1.807, 2.05) is 44.3 Å². The van der Waals surface area contributed by atoms with Crippen LogP contribution in [0.15, 0.2) is 30.5 Å². The summed E-state index contributed by atoms with van der Waals surface area (Å²) in [6.07, 6.45) is 7.91. The van der Waals surface area contributed by atoms with Gasteiger partial charge in [-0.2, -0.15) is 15.3 Å². The third kappa shape index (κ3) is 6.99. The number of nitrogens with one attached hydrogen (secondary N) is 4. The minimum atomic E-state index is 0.244. The van der Waals surface area contributed by atoms with Crippen LogP contribution in [0.25, 0.3) is 11.3 Å². The number of nitrogens with zero attached hydrogens (tertiary/aromatic N) is 5. The third-order valence-corrected chi connectivity index (χ3v) is 6.59. The highest BCUT2D eigenvalue weighted by Gasteiger charge is 2.25. The highest BCUT2D eigenvalue weighted by molar-refractivity contribution is 5.66. The van der Waals surface area contributed by atoms with Crippen molar-refractivity contribution in [3.63, 3.8) is 0 Å². The molecule has 1 aliphatic rings. The molecule has 1 aliphatic carbocycles. The summed E-state index contributed by atoms with van der Waals surface area (Å²) in [6, 6.07) is 10.7. The predicted octanol–water partition coefficient (Wildman–Crippen LogP) is 4.87. The minimum absolute atomic E-state index is 0.244. The van der Waals surface area contributed by atoms with E-state index < -0.39 is 0 Å². The van der Waals surface area contributed by atoms with Crippen LogP contribution in [0.2, 0.25) is 0 Å². The molecule has 0 bridgehead atoms. The fraction of sp³-hybridized carbons (Fsp3) is 0.500. The van der Waals surface area contributed by atoms with E-state index in [9.17, 15) is 0 Å². The zero-order chi connectivity index (χ0) is 24.6. The summed E-state index contributed by atoms with van der Waals surface area (Å²) in [5.41, 5.74) is 3.67. The van der Waals surface area contributed by atoms with Crippen LogP contribution in [0.4, 0.5) is 17.6 Å². The standard InChI is InChI=1S/C26H35N9/c1-4-19-7-9-21(28-11-5-10-27)14-22(13-19)30-26-31-23(20-8-6-17(2)29-16-20)15-24(33-26)32-25-12-18(3)34-35-25/h6,8,12,15-16,19,21-22,28H,4-5,7,9,11,13-14H2,1-3H3,(H3,30,31,32,33,34,35). The Bertz CT molecular complexity index is 1130. The van der Waals surface area contributed by atoms with Crippen LogP contribution in [0.3, 0.4) is 0 Å². The van der Waals surface area contributed by atoms with Gasteiger partial charge in [0.05, 0.1) is 11.8 Å². The van der Waals surface area contributed by atoms with Gasteiger partial charge in [-0.15, -0.1) is 0 Å². The molecule has 0 saturated heterocycles. The first-order chi connectivity index (χ1) is 17.0. The van der Waals surface area contributed by atoms with Crippen LogP contribution >= 0.6 is 0 Å². The van der Waals surface area contributed by atoms with Gasteiger partial charge in [0.1, 0.15) is 5.82 Å². The molecule has 3 aromatic rings. The van der Waals surface area contributed by atoms with E-state index in [2.05, 4.69) is 44.1 Å². The zero-order valence-corrected chi connectivity index (χ0v) is 20.8. The summed E-state index contributed by atoms with van der Waals surface area (Å²) in [5.74, 6) is 2.64. The summed E-state index contributed by atoms with van der Waals surface area (Å²) < 4.78 is 0. The lowest BCUT2D eigenvalue weighted by atomic mass is 9.96. The molecular weight excluding hydrogens is 438 g/mol. The maximum Gasteiger partial charge on any atom is 0.225 e. The molecule has 184 valence electrons. The van der Waals surface area contributed by atoms with E-state index in [1.54, 1.807) is 0 Å². The maximum atomic E-state index is 8.91. The van der Waals surface area contributed by atoms with Crippen molar-refractivity contribution in [3.05, 3.63) is 41.9 Å². The number of rotatable bonds is 9. The first kappa shape index (κ1) is 24.6. The Morgan fingerprint density at radius 3 is 2.69 bits per heavy atom. The number of aryl methyl sites for hydroxylation is 2. The van der Waals surface area contributed by atoms with Gasteiger partial charge in [0.25, 0.3) is 0 Å². The molecule has 9 heteroatoms. The van der Waals surface area contributed by atoms with E-state index in [0.717, 1.165) is 54.9 Å². The molecule has 4 N–H and O–H groups in total. The van der Waals surface area contributed by atoms with Crippen LogP contribution in [-0.4, -0.2) is 43.8 Å². The number of pyridine rings is 1. The molecule has 3 aromatic heterocycles. The summed E-state index contributed by atoms with van der Waals surface area (Å²) in [6.45, 7) is 6.93. The monoisotopic (exact) mass is 473 g/mol. The van der Waals surface area contributed by atoms with E-state index in [1.165, 1.54) is 6.42 Å². The number of hydrogen-bond donors (Lipinski definition) is 4. The van der Waals surface area contributed by atoms with Crippen molar-refractivity contribution in [3.8, 4) is 17.3 Å². The van der Waals surface area contributed by atoms with E-state index >= 15 is 0 Å². The molecule has 0 aliphatic heterocycles. The summed E-state index contributed by atoms with van der Waals surface area (Å²) >= 11 is 0. The van der Waals surface area contributed by atoms with E-state index in [-0.39, 0.29) is 6.04 Å². The molecule has 0 spiro atoms. The third-order valence-electron chi connectivity index (χ3n) is 6.59. The molecule has 9 nitrogen and oxygen atoms in total. The topological polar surface area (TPSA) is 127 Å². The Hall–Kier alpha value is -3.51. The van der Waals surface area contributed by atoms with Gasteiger partial charge in [-0.3, -0.25) is 10.1 Å². The van der Waals surface area contributed by atoms with Crippen LogP contribution in [0, 0.1) is 31.1 Å². The number of anilines is 3. The van der Waals surface area contributed by atoms with Crippen LogP contribution < -0.4 is 16.0 Å². The zero-order valence-electron chi connectivity index (χ0n) is 20.8. The lowest BCUT2D eigenvalue weighted by Crippen LogP contribution is -2.34. The van der Waals surface area contributed by atoms with Crippen molar-refractivity contribution < 1.29 is 0 Å². The highest BCUT2D eigenvalue weighted by Crippen LogP contribution is 2.29. The summed E-state index contributed by atoms with van der Waals surface area (Å²) in [4.78, 5) is 14.1. The van der Waals surface area contributed by atoms with Crippen molar-refractivity contribution in [1.82, 2.24) is 30.5 Å². The van der Waals surface area contributed by atoms with Gasteiger partial charge in [-0.25, -0.2) is 4.98 Å². The lowest BCUT2D eigenvalue weighted by molar-refractivity contribution is 0.425. The van der Waals surface area contributed by atoms with E-state index in [4.69, 9.17) is 15.2 Å². The number of nitriles is 1. The Morgan fingerprint density at radius 2 is 1.97 bits per heavy atom. The number of hydrogen-bond acceptors (Lipinski definition) is 8. The fourth-order valence-electron chi connectivity index (χ4n) is 4.66. The van der Waals surface area contributed by atoms with Gasteiger partial charge in [-0.1, -0.05) is 13.3 Å². The van der Waals surface area contributed by atoms with Crippen molar-refractivity contribution in [2.75, 3.05) is 17.2 Å². The van der Waals surface area contributed by atoms with Gasteiger partial charge in [0, 0.05) is 60.3 Å². The second-order valence-corrected chi connectivity index (χ2v) is 9.43. The largest absolute Gasteiger partial charge is 0.351 e. The quantitative estimate of drug-likeness (QED) is 0.256. The highest BCUT2D eigenvalue weighted by atomic mass is 15.2. The first-order valence-electron chi connectivity index (χ1n) is 12.5. The SMILES string of the molecule is CCC1CCC(NCCC#N)CC(Nc2nc(Nc3cc(C)[nH]n3)cc(-c3ccc(C)nc3)n2)C1. The lowest BCUT2D eigenvalue weighted by Gasteiger charge is -2.23. The van der Waals surface area contributed by atoms with Gasteiger partial charge >= 0.3 is 0 Å². The number of aromatic amines is 1.